The van der Waals surface area contributed by atoms with E-state index in [1.54, 1.807) is 24.3 Å². The van der Waals surface area contributed by atoms with Gasteiger partial charge in [-0.1, -0.05) is 12.1 Å². The second-order valence-corrected chi connectivity index (χ2v) is 6.76. The first kappa shape index (κ1) is 20.5. The molecule has 4 N–H and O–H groups in total. The summed E-state index contributed by atoms with van der Waals surface area (Å²) >= 11 is 0. The Labute approximate surface area is 169 Å². The van der Waals surface area contributed by atoms with Gasteiger partial charge >= 0.3 is 0 Å². The van der Waals surface area contributed by atoms with E-state index >= 15 is 0 Å². The van der Waals surface area contributed by atoms with Crippen molar-refractivity contribution >= 4 is 18.0 Å². The van der Waals surface area contributed by atoms with Gasteiger partial charge in [0.2, 0.25) is 0 Å². The number of hydrogen-bond donors (Lipinski definition) is 3. The van der Waals surface area contributed by atoms with Crippen molar-refractivity contribution in [3.63, 3.8) is 0 Å². The van der Waals surface area contributed by atoms with Gasteiger partial charge in [0.15, 0.2) is 6.61 Å². The molecule has 0 atom stereocenters. The fourth-order valence-electron chi connectivity index (χ4n) is 2.93. The van der Waals surface area contributed by atoms with Crippen LogP contribution in [0.1, 0.15) is 21.5 Å². The third-order valence-corrected chi connectivity index (χ3v) is 4.51. The number of carbonyl (C=O) groups excluding carboxylic acids is 2. The summed E-state index contributed by atoms with van der Waals surface area (Å²) in [7, 11) is 0. The summed E-state index contributed by atoms with van der Waals surface area (Å²) in [5, 5.41) is 3.98. The van der Waals surface area contributed by atoms with E-state index in [1.807, 2.05) is 24.3 Å². The van der Waals surface area contributed by atoms with Gasteiger partial charge < -0.3 is 20.1 Å². The number of rotatable bonds is 8. The molecule has 0 aliphatic carbocycles. The van der Waals surface area contributed by atoms with Crippen LogP contribution < -0.4 is 20.8 Å². The number of ether oxygens (including phenoxy) is 2. The standard InChI is InChI=1S/C21H24N4O4/c22-20(26)15-29-19-7-3-16(4-8-19)13-23-24-21(27)18-5-1-17(2-6-18)14-25-9-11-28-12-10-25/h1-8,13H,9-12,14-15H2,(H2,22,26)(H,24,27)/p+1/b23-13-. The molecule has 0 saturated carbocycles. The molecule has 29 heavy (non-hydrogen) atoms. The highest BCUT2D eigenvalue weighted by molar-refractivity contribution is 5.94. The fourth-order valence-corrected chi connectivity index (χ4v) is 2.93. The van der Waals surface area contributed by atoms with Crippen molar-refractivity contribution in [1.29, 1.82) is 0 Å². The van der Waals surface area contributed by atoms with Gasteiger partial charge in [0.1, 0.15) is 25.4 Å². The lowest BCUT2D eigenvalue weighted by Gasteiger charge is -2.23. The zero-order chi connectivity index (χ0) is 20.5. The lowest BCUT2D eigenvalue weighted by Crippen LogP contribution is -3.12. The molecule has 0 aromatic heterocycles. The molecule has 0 bridgehead atoms. The minimum absolute atomic E-state index is 0.171. The zero-order valence-electron chi connectivity index (χ0n) is 16.1. The number of nitrogens with one attached hydrogen (secondary N) is 2. The Hall–Kier alpha value is -3.23. The molecule has 8 nitrogen and oxygen atoms in total. The Balaban J connectivity index is 1.47. The number of nitrogens with two attached hydrogens (primary N) is 1. The summed E-state index contributed by atoms with van der Waals surface area (Å²) in [4.78, 5) is 24.4. The Morgan fingerprint density at radius 2 is 1.79 bits per heavy atom. The molecule has 1 aliphatic heterocycles. The van der Waals surface area contributed by atoms with Gasteiger partial charge in [-0.15, -0.1) is 0 Å². The molecule has 1 heterocycles. The number of amides is 2. The van der Waals surface area contributed by atoms with E-state index in [9.17, 15) is 9.59 Å². The van der Waals surface area contributed by atoms with E-state index < -0.39 is 5.91 Å². The van der Waals surface area contributed by atoms with E-state index in [0.717, 1.165) is 38.4 Å². The number of hydrogen-bond acceptors (Lipinski definition) is 5. The topological polar surface area (TPSA) is 107 Å². The van der Waals surface area contributed by atoms with E-state index in [2.05, 4.69) is 10.5 Å². The predicted octanol–water partition coefficient (Wildman–Crippen LogP) is -0.270. The van der Waals surface area contributed by atoms with Crippen LogP contribution in [-0.2, 0) is 16.1 Å². The van der Waals surface area contributed by atoms with Crippen molar-refractivity contribution in [2.24, 2.45) is 10.8 Å². The highest BCUT2D eigenvalue weighted by Gasteiger charge is 2.14. The highest BCUT2D eigenvalue weighted by Crippen LogP contribution is 2.10. The molecule has 3 rings (SSSR count). The summed E-state index contributed by atoms with van der Waals surface area (Å²) in [6.07, 6.45) is 1.53. The third-order valence-electron chi connectivity index (χ3n) is 4.51. The van der Waals surface area contributed by atoms with Crippen molar-refractivity contribution in [2.75, 3.05) is 32.9 Å². The third kappa shape index (κ3) is 6.70. The summed E-state index contributed by atoms with van der Waals surface area (Å²) in [5.41, 5.74) is 10.1. The summed E-state index contributed by atoms with van der Waals surface area (Å²) in [6, 6.07) is 14.5. The van der Waals surface area contributed by atoms with Gasteiger partial charge in [-0.05, 0) is 42.0 Å². The molecular formula is C21H25N4O4+. The average Bonchev–Trinajstić information content (AvgIpc) is 2.74. The molecule has 2 aromatic rings. The molecule has 152 valence electrons. The lowest BCUT2D eigenvalue weighted by molar-refractivity contribution is -0.921. The van der Waals surface area contributed by atoms with Crippen molar-refractivity contribution < 1.29 is 24.0 Å². The normalized spacial score (nSPS) is 14.6. The molecule has 8 heteroatoms. The number of primary amides is 1. The fraction of sp³-hybridized carbons (Fsp3) is 0.286. The Bertz CT molecular complexity index is 844. The van der Waals surface area contributed by atoms with Crippen molar-refractivity contribution in [1.82, 2.24) is 5.43 Å². The molecule has 2 aromatic carbocycles. The number of benzene rings is 2. The van der Waals surface area contributed by atoms with E-state index in [1.165, 1.54) is 16.7 Å². The van der Waals surface area contributed by atoms with Gasteiger partial charge in [0, 0.05) is 11.1 Å². The van der Waals surface area contributed by atoms with E-state index in [0.29, 0.717) is 11.3 Å². The molecular weight excluding hydrogens is 372 g/mol. The monoisotopic (exact) mass is 397 g/mol. The van der Waals surface area contributed by atoms with Gasteiger partial charge in [-0.2, -0.15) is 5.10 Å². The van der Waals surface area contributed by atoms with Crippen LogP contribution in [0.4, 0.5) is 0 Å². The maximum atomic E-state index is 12.2. The van der Waals surface area contributed by atoms with Crippen LogP contribution >= 0.6 is 0 Å². The zero-order valence-corrected chi connectivity index (χ0v) is 16.1. The Kier molecular flexibility index (Phi) is 7.32. The summed E-state index contributed by atoms with van der Waals surface area (Å²) < 4.78 is 10.6. The van der Waals surface area contributed by atoms with Crippen LogP contribution in [0, 0.1) is 0 Å². The number of quaternary nitrogens is 1. The van der Waals surface area contributed by atoms with Crippen molar-refractivity contribution in [2.45, 2.75) is 6.54 Å². The first-order chi connectivity index (χ1) is 14.1. The Morgan fingerprint density at radius 1 is 1.10 bits per heavy atom. The molecule has 0 unspecified atom stereocenters. The minimum Gasteiger partial charge on any atom is -0.484 e. The largest absolute Gasteiger partial charge is 0.484 e. The van der Waals surface area contributed by atoms with Gasteiger partial charge in [0.05, 0.1) is 19.4 Å². The molecule has 1 aliphatic rings. The highest BCUT2D eigenvalue weighted by atomic mass is 16.5. The Morgan fingerprint density at radius 3 is 2.45 bits per heavy atom. The van der Waals surface area contributed by atoms with Crippen LogP contribution in [0.5, 0.6) is 5.75 Å². The average molecular weight is 397 g/mol. The van der Waals surface area contributed by atoms with Gasteiger partial charge in [0.25, 0.3) is 11.8 Å². The smallest absolute Gasteiger partial charge is 0.271 e. The van der Waals surface area contributed by atoms with Crippen LogP contribution in [0.2, 0.25) is 0 Å². The maximum Gasteiger partial charge on any atom is 0.271 e. The SMILES string of the molecule is NC(=O)COc1ccc(/C=N\NC(=O)c2ccc(C[NH+]3CCOCC3)cc2)cc1. The van der Waals surface area contributed by atoms with Gasteiger partial charge in [-0.25, -0.2) is 5.43 Å². The second kappa shape index (κ2) is 10.4. The molecule has 1 fully saturated rings. The van der Waals surface area contributed by atoms with Crippen LogP contribution in [0.3, 0.4) is 0 Å². The summed E-state index contributed by atoms with van der Waals surface area (Å²) in [6.45, 7) is 4.39. The lowest BCUT2D eigenvalue weighted by atomic mass is 10.1. The molecule has 1 saturated heterocycles. The number of nitrogens with zero attached hydrogens (tertiary/aromatic N) is 1. The first-order valence-corrected chi connectivity index (χ1v) is 9.45. The molecule has 0 spiro atoms. The number of hydrazone groups is 1. The number of carbonyl (C=O) groups is 2. The quantitative estimate of drug-likeness (QED) is 0.421. The summed E-state index contributed by atoms with van der Waals surface area (Å²) in [5.74, 6) is -0.273. The second-order valence-electron chi connectivity index (χ2n) is 6.76. The van der Waals surface area contributed by atoms with E-state index in [4.69, 9.17) is 15.2 Å². The van der Waals surface area contributed by atoms with Gasteiger partial charge in [-0.3, -0.25) is 9.59 Å². The van der Waals surface area contributed by atoms with Crippen LogP contribution in [-0.4, -0.2) is 50.9 Å². The molecule has 2 amide bonds. The predicted molar refractivity (Wildman–Crippen MR) is 108 cm³/mol. The molecule has 0 radical (unpaired) electrons. The van der Waals surface area contributed by atoms with Crippen LogP contribution in [0.25, 0.3) is 0 Å². The van der Waals surface area contributed by atoms with E-state index in [-0.39, 0.29) is 12.5 Å². The maximum absolute atomic E-state index is 12.2. The first-order valence-electron chi connectivity index (χ1n) is 9.45. The minimum atomic E-state index is -0.534. The number of morpholine rings is 1. The van der Waals surface area contributed by atoms with Crippen molar-refractivity contribution in [3.8, 4) is 5.75 Å². The van der Waals surface area contributed by atoms with Crippen molar-refractivity contribution in [3.05, 3.63) is 65.2 Å². The van der Waals surface area contributed by atoms with Crippen LogP contribution in [0.15, 0.2) is 53.6 Å².